The Morgan fingerprint density at radius 2 is 2.05 bits per heavy atom. The van der Waals surface area contributed by atoms with Crippen molar-refractivity contribution >= 4 is 0 Å². The van der Waals surface area contributed by atoms with Crippen molar-refractivity contribution in [1.82, 2.24) is 15.5 Å². The van der Waals surface area contributed by atoms with Gasteiger partial charge in [-0.25, -0.2) is 0 Å². The highest BCUT2D eigenvalue weighted by atomic mass is 16.5. The van der Waals surface area contributed by atoms with E-state index in [0.29, 0.717) is 24.6 Å². The molecule has 5 heteroatoms. The zero-order valence-electron chi connectivity index (χ0n) is 12.3. The molecule has 0 radical (unpaired) electrons. The minimum absolute atomic E-state index is 0.333. The second-order valence-electron chi connectivity index (χ2n) is 6.10. The Hall–Kier alpha value is -0.940. The third kappa shape index (κ3) is 3.38. The third-order valence-electron chi connectivity index (χ3n) is 4.54. The van der Waals surface area contributed by atoms with Crippen LogP contribution >= 0.6 is 0 Å². The van der Waals surface area contributed by atoms with E-state index >= 15 is 0 Å². The number of hydrogen-bond acceptors (Lipinski definition) is 5. The van der Waals surface area contributed by atoms with Crippen LogP contribution in [-0.2, 0) is 11.3 Å². The summed E-state index contributed by atoms with van der Waals surface area (Å²) in [6, 6.07) is 0.342. The van der Waals surface area contributed by atoms with Crippen molar-refractivity contribution < 1.29 is 9.26 Å². The molecule has 1 N–H and O–H groups in total. The SMILES string of the molecule is C[C@H](NCc1noc(C2CCCCC2)n1)[C@H]1CCCO1. The van der Waals surface area contributed by atoms with Crippen molar-refractivity contribution in [3.8, 4) is 0 Å². The molecular formula is C15H25N3O2. The van der Waals surface area contributed by atoms with Crippen molar-refractivity contribution in [1.29, 1.82) is 0 Å². The zero-order valence-corrected chi connectivity index (χ0v) is 12.3. The molecule has 1 saturated heterocycles. The zero-order chi connectivity index (χ0) is 13.8. The van der Waals surface area contributed by atoms with Crippen LogP contribution in [0.5, 0.6) is 0 Å². The molecule has 0 amide bonds. The van der Waals surface area contributed by atoms with E-state index in [2.05, 4.69) is 22.4 Å². The van der Waals surface area contributed by atoms with Crippen molar-refractivity contribution in [3.05, 3.63) is 11.7 Å². The summed E-state index contributed by atoms with van der Waals surface area (Å²) in [5, 5.41) is 7.55. The van der Waals surface area contributed by atoms with Gasteiger partial charge < -0.3 is 14.6 Å². The first-order valence-corrected chi connectivity index (χ1v) is 8.00. The number of hydrogen-bond donors (Lipinski definition) is 1. The molecule has 2 aliphatic rings. The number of rotatable bonds is 5. The van der Waals surface area contributed by atoms with Crippen molar-refractivity contribution in [2.24, 2.45) is 0 Å². The maximum absolute atomic E-state index is 5.68. The van der Waals surface area contributed by atoms with Crippen LogP contribution in [0, 0.1) is 0 Å². The molecule has 0 aromatic carbocycles. The van der Waals surface area contributed by atoms with Gasteiger partial charge in [0.2, 0.25) is 5.89 Å². The Balaban J connectivity index is 1.49. The van der Waals surface area contributed by atoms with Gasteiger partial charge >= 0.3 is 0 Å². The topological polar surface area (TPSA) is 60.2 Å². The Bertz CT molecular complexity index is 409. The molecule has 0 bridgehead atoms. The van der Waals surface area contributed by atoms with E-state index in [1.807, 2.05) is 0 Å². The van der Waals surface area contributed by atoms with Gasteiger partial charge in [0.15, 0.2) is 5.82 Å². The standard InChI is InChI=1S/C15H25N3O2/c1-11(13-8-5-9-19-13)16-10-14-17-15(20-18-14)12-6-3-2-4-7-12/h11-13,16H,2-10H2,1H3/t11-,13+/m0/s1. The van der Waals surface area contributed by atoms with Gasteiger partial charge in [-0.05, 0) is 32.6 Å². The minimum atomic E-state index is 0.333. The molecule has 1 saturated carbocycles. The first-order valence-electron chi connectivity index (χ1n) is 8.00. The highest BCUT2D eigenvalue weighted by molar-refractivity contribution is 4.95. The molecule has 0 spiro atoms. The van der Waals surface area contributed by atoms with Crippen LogP contribution < -0.4 is 5.32 Å². The van der Waals surface area contributed by atoms with Crippen molar-refractivity contribution in [3.63, 3.8) is 0 Å². The van der Waals surface area contributed by atoms with Crippen molar-refractivity contribution in [2.75, 3.05) is 6.61 Å². The summed E-state index contributed by atoms with van der Waals surface area (Å²) in [6.45, 7) is 3.72. The maximum atomic E-state index is 5.68. The van der Waals surface area contributed by atoms with Crippen molar-refractivity contribution in [2.45, 2.75) is 76.5 Å². The highest BCUT2D eigenvalue weighted by Crippen LogP contribution is 2.31. The van der Waals surface area contributed by atoms with Gasteiger partial charge in [0.05, 0.1) is 12.6 Å². The summed E-state index contributed by atoms with van der Waals surface area (Å²) < 4.78 is 11.1. The average molecular weight is 279 g/mol. The summed E-state index contributed by atoms with van der Waals surface area (Å²) >= 11 is 0. The van der Waals surface area contributed by atoms with E-state index in [1.54, 1.807) is 0 Å². The third-order valence-corrected chi connectivity index (χ3v) is 4.54. The molecule has 1 aromatic heterocycles. The lowest BCUT2D eigenvalue weighted by atomic mass is 9.89. The molecule has 2 heterocycles. The van der Waals surface area contributed by atoms with E-state index in [0.717, 1.165) is 24.7 Å². The lowest BCUT2D eigenvalue weighted by Crippen LogP contribution is -2.36. The predicted molar refractivity (Wildman–Crippen MR) is 75.4 cm³/mol. The van der Waals surface area contributed by atoms with Gasteiger partial charge in [0.1, 0.15) is 0 Å². The lowest BCUT2D eigenvalue weighted by Gasteiger charge is -2.19. The first kappa shape index (κ1) is 14.0. The number of nitrogens with zero attached hydrogens (tertiary/aromatic N) is 2. The minimum Gasteiger partial charge on any atom is -0.377 e. The average Bonchev–Trinajstić information content (AvgIpc) is 3.17. The molecule has 3 rings (SSSR count). The quantitative estimate of drug-likeness (QED) is 0.898. The molecule has 1 aliphatic heterocycles. The summed E-state index contributed by atoms with van der Waals surface area (Å²) in [7, 11) is 0. The fourth-order valence-corrected chi connectivity index (χ4v) is 3.24. The molecule has 0 unspecified atom stereocenters. The monoisotopic (exact) mass is 279 g/mol. The van der Waals surface area contributed by atoms with Crippen LogP contribution in [0.15, 0.2) is 4.52 Å². The van der Waals surface area contributed by atoms with Gasteiger partial charge in [-0.3, -0.25) is 0 Å². The summed E-state index contributed by atoms with van der Waals surface area (Å²) in [5.41, 5.74) is 0. The maximum Gasteiger partial charge on any atom is 0.229 e. The normalized spacial score (nSPS) is 25.9. The molecule has 2 atom stereocenters. The van der Waals surface area contributed by atoms with Gasteiger partial charge in [-0.2, -0.15) is 4.98 Å². The van der Waals surface area contributed by atoms with Crippen LogP contribution in [0.4, 0.5) is 0 Å². The van der Waals surface area contributed by atoms with Gasteiger partial charge in [0, 0.05) is 18.6 Å². The van der Waals surface area contributed by atoms with Crippen LogP contribution in [0.25, 0.3) is 0 Å². The molecular weight excluding hydrogens is 254 g/mol. The predicted octanol–water partition coefficient (Wildman–Crippen LogP) is 2.77. The summed E-state index contributed by atoms with van der Waals surface area (Å²) in [5.74, 6) is 2.10. The molecule has 1 aromatic rings. The Morgan fingerprint density at radius 3 is 2.80 bits per heavy atom. The highest BCUT2D eigenvalue weighted by Gasteiger charge is 2.24. The number of aromatic nitrogens is 2. The molecule has 5 nitrogen and oxygen atoms in total. The van der Waals surface area contributed by atoms with Gasteiger partial charge in [0.25, 0.3) is 0 Å². The Kier molecular flexibility index (Phi) is 4.68. The fraction of sp³-hybridized carbons (Fsp3) is 0.867. The van der Waals surface area contributed by atoms with Gasteiger partial charge in [-0.15, -0.1) is 0 Å². The largest absolute Gasteiger partial charge is 0.377 e. The summed E-state index contributed by atoms with van der Waals surface area (Å²) in [4.78, 5) is 4.55. The Labute approximate surface area is 120 Å². The van der Waals surface area contributed by atoms with E-state index in [4.69, 9.17) is 9.26 Å². The second-order valence-corrected chi connectivity index (χ2v) is 6.10. The molecule has 20 heavy (non-hydrogen) atoms. The van der Waals surface area contributed by atoms with Crippen LogP contribution in [0.1, 0.15) is 69.5 Å². The van der Waals surface area contributed by atoms with E-state index in [9.17, 15) is 0 Å². The van der Waals surface area contributed by atoms with Crippen LogP contribution in [0.2, 0.25) is 0 Å². The smallest absolute Gasteiger partial charge is 0.229 e. The Morgan fingerprint density at radius 1 is 1.20 bits per heavy atom. The number of nitrogens with one attached hydrogen (secondary N) is 1. The van der Waals surface area contributed by atoms with E-state index < -0.39 is 0 Å². The second kappa shape index (κ2) is 6.68. The van der Waals surface area contributed by atoms with E-state index in [-0.39, 0.29) is 0 Å². The van der Waals surface area contributed by atoms with E-state index in [1.165, 1.54) is 38.5 Å². The van der Waals surface area contributed by atoms with Crippen LogP contribution in [-0.4, -0.2) is 28.9 Å². The fourth-order valence-electron chi connectivity index (χ4n) is 3.24. The molecule has 1 aliphatic carbocycles. The molecule has 2 fully saturated rings. The van der Waals surface area contributed by atoms with Crippen LogP contribution in [0.3, 0.4) is 0 Å². The lowest BCUT2D eigenvalue weighted by molar-refractivity contribution is 0.0829. The number of ether oxygens (including phenoxy) is 1. The molecule has 112 valence electrons. The first-order chi connectivity index (χ1) is 9.83. The summed E-state index contributed by atoms with van der Waals surface area (Å²) in [6.07, 6.45) is 8.96. The van der Waals surface area contributed by atoms with Gasteiger partial charge in [-0.1, -0.05) is 24.4 Å².